The number of benzene rings is 3. The van der Waals surface area contributed by atoms with Crippen molar-refractivity contribution in [3.05, 3.63) is 82.2 Å². The third-order valence-corrected chi connectivity index (χ3v) is 7.51. The molecule has 1 nitrogen and oxygen atoms in total. The standard InChI is InChI=1S/C32H32F3N/c1-2-3-4-5-6-7-22-8-11-24(12-9-22)26-16-17-28-27(20-26)15-14-25(32(28)35)13-10-23-18-30(33)29(21-36)31(34)19-23/h14-20,22,24H,2-9,11-12H2,1H3. The molecule has 0 aliphatic heterocycles. The van der Waals surface area contributed by atoms with Gasteiger partial charge >= 0.3 is 0 Å². The molecule has 0 heterocycles. The van der Waals surface area contributed by atoms with Crippen molar-refractivity contribution in [1.29, 1.82) is 5.26 Å². The van der Waals surface area contributed by atoms with Gasteiger partial charge in [-0.3, -0.25) is 0 Å². The Hall–Kier alpha value is -3.24. The predicted molar refractivity (Wildman–Crippen MR) is 139 cm³/mol. The van der Waals surface area contributed by atoms with Crippen molar-refractivity contribution >= 4 is 10.8 Å². The Balaban J connectivity index is 1.43. The van der Waals surface area contributed by atoms with Crippen molar-refractivity contribution in [2.45, 2.75) is 77.0 Å². The van der Waals surface area contributed by atoms with E-state index in [1.165, 1.54) is 75.8 Å². The molecule has 0 aromatic heterocycles. The summed E-state index contributed by atoms with van der Waals surface area (Å²) in [5.41, 5.74) is 0.838. The Bertz CT molecular complexity index is 1290. The zero-order chi connectivity index (χ0) is 25.5. The van der Waals surface area contributed by atoms with Crippen LogP contribution < -0.4 is 0 Å². The second kappa shape index (κ2) is 12.1. The van der Waals surface area contributed by atoms with Crippen LogP contribution >= 0.6 is 0 Å². The molecule has 1 fully saturated rings. The summed E-state index contributed by atoms with van der Waals surface area (Å²) >= 11 is 0. The second-order valence-corrected chi connectivity index (χ2v) is 10.0. The number of unbranched alkanes of at least 4 members (excludes halogenated alkanes) is 4. The fourth-order valence-electron chi connectivity index (χ4n) is 5.37. The van der Waals surface area contributed by atoms with Gasteiger partial charge in [0.2, 0.25) is 0 Å². The first-order chi connectivity index (χ1) is 17.5. The number of halogens is 3. The lowest BCUT2D eigenvalue weighted by Gasteiger charge is -2.29. The normalized spacial score (nSPS) is 17.4. The summed E-state index contributed by atoms with van der Waals surface area (Å²) in [6.07, 6.45) is 13.0. The molecule has 0 unspecified atom stereocenters. The maximum atomic E-state index is 15.2. The summed E-state index contributed by atoms with van der Waals surface area (Å²) in [7, 11) is 0. The van der Waals surface area contributed by atoms with E-state index in [4.69, 9.17) is 5.26 Å². The fraction of sp³-hybridized carbons (Fsp3) is 0.406. The van der Waals surface area contributed by atoms with E-state index in [0.29, 0.717) is 11.3 Å². The summed E-state index contributed by atoms with van der Waals surface area (Å²) in [6.45, 7) is 2.25. The molecule has 4 heteroatoms. The smallest absolute Gasteiger partial charge is 0.146 e. The Kier molecular flexibility index (Phi) is 8.71. The molecule has 3 aromatic carbocycles. The van der Waals surface area contributed by atoms with Crippen molar-refractivity contribution in [3.63, 3.8) is 0 Å². The number of nitriles is 1. The van der Waals surface area contributed by atoms with E-state index in [1.807, 2.05) is 18.2 Å². The highest BCUT2D eigenvalue weighted by molar-refractivity contribution is 5.85. The van der Waals surface area contributed by atoms with Crippen LogP contribution in [0.1, 0.15) is 99.3 Å². The van der Waals surface area contributed by atoms with Gasteiger partial charge in [0.15, 0.2) is 0 Å². The van der Waals surface area contributed by atoms with Gasteiger partial charge in [-0.05, 0) is 66.7 Å². The van der Waals surface area contributed by atoms with E-state index in [-0.39, 0.29) is 11.1 Å². The van der Waals surface area contributed by atoms with Gasteiger partial charge in [-0.2, -0.15) is 5.26 Å². The van der Waals surface area contributed by atoms with Crippen LogP contribution in [0.3, 0.4) is 0 Å². The molecular formula is C32H32F3N. The lowest BCUT2D eigenvalue weighted by molar-refractivity contribution is 0.302. The van der Waals surface area contributed by atoms with Crippen LogP contribution in [0.5, 0.6) is 0 Å². The lowest BCUT2D eigenvalue weighted by atomic mass is 9.76. The van der Waals surface area contributed by atoms with Crippen LogP contribution in [0.25, 0.3) is 10.8 Å². The lowest BCUT2D eigenvalue weighted by Crippen LogP contribution is -2.13. The molecule has 0 saturated heterocycles. The van der Waals surface area contributed by atoms with Crippen molar-refractivity contribution in [3.8, 4) is 17.9 Å². The van der Waals surface area contributed by atoms with Gasteiger partial charge in [0.05, 0.1) is 5.56 Å². The SMILES string of the molecule is CCCCCCCC1CCC(c2ccc3c(F)c(C#Cc4cc(F)c(C#N)c(F)c4)ccc3c2)CC1. The van der Waals surface area contributed by atoms with E-state index < -0.39 is 23.0 Å². The molecule has 0 amide bonds. The van der Waals surface area contributed by atoms with Gasteiger partial charge in [-0.1, -0.05) is 81.6 Å². The van der Waals surface area contributed by atoms with Gasteiger partial charge in [0.1, 0.15) is 29.1 Å². The van der Waals surface area contributed by atoms with E-state index in [1.54, 1.807) is 6.07 Å². The van der Waals surface area contributed by atoms with Crippen molar-refractivity contribution in [2.24, 2.45) is 5.92 Å². The minimum absolute atomic E-state index is 0.0513. The largest absolute Gasteiger partial charge is 0.205 e. The number of rotatable bonds is 7. The molecule has 36 heavy (non-hydrogen) atoms. The molecule has 1 aliphatic carbocycles. The molecule has 0 spiro atoms. The number of hydrogen-bond donors (Lipinski definition) is 0. The van der Waals surface area contributed by atoms with Gasteiger partial charge in [0, 0.05) is 10.9 Å². The average molecular weight is 488 g/mol. The molecule has 3 aromatic rings. The maximum Gasteiger partial charge on any atom is 0.146 e. The first-order valence-electron chi connectivity index (χ1n) is 13.1. The van der Waals surface area contributed by atoms with Crippen LogP contribution in [-0.4, -0.2) is 0 Å². The second-order valence-electron chi connectivity index (χ2n) is 10.0. The zero-order valence-electron chi connectivity index (χ0n) is 20.8. The molecule has 1 saturated carbocycles. The van der Waals surface area contributed by atoms with Crippen LogP contribution in [0.4, 0.5) is 13.2 Å². The topological polar surface area (TPSA) is 23.8 Å². The Morgan fingerprint density at radius 3 is 2.25 bits per heavy atom. The van der Waals surface area contributed by atoms with E-state index in [9.17, 15) is 8.78 Å². The van der Waals surface area contributed by atoms with Gasteiger partial charge in [-0.25, -0.2) is 13.2 Å². The summed E-state index contributed by atoms with van der Waals surface area (Å²) in [5.74, 6) is 4.27. The molecule has 0 radical (unpaired) electrons. The van der Waals surface area contributed by atoms with Crippen LogP contribution in [0.2, 0.25) is 0 Å². The molecule has 0 N–H and O–H groups in total. The maximum absolute atomic E-state index is 15.2. The van der Waals surface area contributed by atoms with E-state index in [0.717, 1.165) is 23.4 Å². The van der Waals surface area contributed by atoms with Gasteiger partial charge in [0.25, 0.3) is 0 Å². The zero-order valence-corrected chi connectivity index (χ0v) is 20.8. The number of hydrogen-bond acceptors (Lipinski definition) is 1. The first kappa shape index (κ1) is 25.8. The first-order valence-corrected chi connectivity index (χ1v) is 13.1. The summed E-state index contributed by atoms with van der Waals surface area (Å²) < 4.78 is 42.8. The predicted octanol–water partition coefficient (Wildman–Crippen LogP) is 9.16. The third kappa shape index (κ3) is 6.11. The highest BCUT2D eigenvalue weighted by Crippen LogP contribution is 2.39. The fourth-order valence-corrected chi connectivity index (χ4v) is 5.37. The van der Waals surface area contributed by atoms with E-state index >= 15 is 4.39 Å². The Labute approximate surface area is 212 Å². The Morgan fingerprint density at radius 1 is 0.833 bits per heavy atom. The molecule has 0 atom stereocenters. The molecule has 4 rings (SSSR count). The quantitative estimate of drug-likeness (QED) is 0.241. The summed E-state index contributed by atoms with van der Waals surface area (Å²) in [5, 5.41) is 10.1. The number of fused-ring (bicyclic) bond motifs is 1. The highest BCUT2D eigenvalue weighted by atomic mass is 19.1. The van der Waals surface area contributed by atoms with Gasteiger partial charge in [-0.15, -0.1) is 0 Å². The minimum atomic E-state index is -0.977. The van der Waals surface area contributed by atoms with Crippen LogP contribution in [0.15, 0.2) is 42.5 Å². The Morgan fingerprint density at radius 2 is 1.56 bits per heavy atom. The number of nitrogens with zero attached hydrogens (tertiary/aromatic N) is 1. The monoisotopic (exact) mass is 487 g/mol. The van der Waals surface area contributed by atoms with Gasteiger partial charge < -0.3 is 0 Å². The minimum Gasteiger partial charge on any atom is -0.205 e. The van der Waals surface area contributed by atoms with Crippen molar-refractivity contribution in [1.82, 2.24) is 0 Å². The molecular weight excluding hydrogens is 455 g/mol. The molecule has 1 aliphatic rings. The van der Waals surface area contributed by atoms with Crippen LogP contribution in [0, 0.1) is 46.5 Å². The highest BCUT2D eigenvalue weighted by Gasteiger charge is 2.22. The third-order valence-electron chi connectivity index (χ3n) is 7.51. The van der Waals surface area contributed by atoms with Crippen molar-refractivity contribution in [2.75, 3.05) is 0 Å². The van der Waals surface area contributed by atoms with Crippen molar-refractivity contribution < 1.29 is 13.2 Å². The van der Waals surface area contributed by atoms with E-state index in [2.05, 4.69) is 24.8 Å². The average Bonchev–Trinajstić information content (AvgIpc) is 2.88. The summed E-state index contributed by atoms with van der Waals surface area (Å²) in [4.78, 5) is 0. The molecule has 186 valence electrons. The van der Waals surface area contributed by atoms with Crippen LogP contribution in [-0.2, 0) is 0 Å². The molecule has 0 bridgehead atoms. The summed E-state index contributed by atoms with van der Waals surface area (Å²) in [6, 6.07) is 12.9.